The Morgan fingerprint density at radius 2 is 1.47 bits per heavy atom. The highest BCUT2D eigenvalue weighted by molar-refractivity contribution is 7.89. The highest BCUT2D eigenvalue weighted by Crippen LogP contribution is 2.27. The summed E-state index contributed by atoms with van der Waals surface area (Å²) in [5.74, 6) is -0.276. The van der Waals surface area contributed by atoms with Crippen LogP contribution in [0.4, 0.5) is 5.69 Å². The molecule has 162 valence electrons. The van der Waals surface area contributed by atoms with Gasteiger partial charge in [0.05, 0.1) is 23.6 Å². The van der Waals surface area contributed by atoms with E-state index in [0.29, 0.717) is 11.4 Å². The minimum atomic E-state index is -3.78. The summed E-state index contributed by atoms with van der Waals surface area (Å²) in [6.07, 6.45) is 1.48. The molecule has 0 atom stereocenters. The van der Waals surface area contributed by atoms with Crippen molar-refractivity contribution in [2.75, 3.05) is 5.32 Å². The molecule has 0 saturated heterocycles. The van der Waals surface area contributed by atoms with E-state index >= 15 is 0 Å². The second kappa shape index (κ2) is 9.64. The fourth-order valence-electron chi connectivity index (χ4n) is 3.40. The molecule has 0 spiro atoms. The summed E-state index contributed by atoms with van der Waals surface area (Å²) in [5.41, 5.74) is 2.09. The van der Waals surface area contributed by atoms with Crippen molar-refractivity contribution in [3.63, 3.8) is 0 Å². The van der Waals surface area contributed by atoms with Gasteiger partial charge in [-0.05, 0) is 41.5 Å². The molecule has 32 heavy (non-hydrogen) atoms. The molecule has 1 amide bonds. The standard InChI is InChI=1S/C25H22N2O4S/c28-25(24(19-9-3-1-4-10-19)20-11-5-2-6-12-20)27-21-13-7-15-23(17-21)32(29,30)26-18-22-14-8-16-31-22/h1-17,24,26H,18H2,(H,27,28). The number of anilines is 1. The summed E-state index contributed by atoms with van der Waals surface area (Å²) in [6, 6.07) is 28.5. The minimum absolute atomic E-state index is 0.0377. The van der Waals surface area contributed by atoms with E-state index in [-0.39, 0.29) is 17.3 Å². The van der Waals surface area contributed by atoms with E-state index in [2.05, 4.69) is 10.0 Å². The van der Waals surface area contributed by atoms with Crippen LogP contribution in [0.5, 0.6) is 0 Å². The number of carbonyl (C=O) groups is 1. The smallest absolute Gasteiger partial charge is 0.241 e. The maximum Gasteiger partial charge on any atom is 0.241 e. The number of benzene rings is 3. The first kappa shape index (κ1) is 21.5. The van der Waals surface area contributed by atoms with Crippen molar-refractivity contribution < 1.29 is 17.6 Å². The van der Waals surface area contributed by atoms with Crippen molar-refractivity contribution in [1.82, 2.24) is 4.72 Å². The van der Waals surface area contributed by atoms with E-state index in [1.807, 2.05) is 60.7 Å². The molecule has 7 heteroatoms. The van der Waals surface area contributed by atoms with Gasteiger partial charge in [0.1, 0.15) is 5.76 Å². The molecule has 0 bridgehead atoms. The maximum absolute atomic E-state index is 13.3. The lowest BCUT2D eigenvalue weighted by Gasteiger charge is -2.18. The van der Waals surface area contributed by atoms with Crippen LogP contribution in [0.1, 0.15) is 22.8 Å². The molecule has 4 rings (SSSR count). The Balaban J connectivity index is 1.56. The largest absolute Gasteiger partial charge is 0.468 e. The second-order valence-electron chi connectivity index (χ2n) is 7.18. The molecule has 0 fully saturated rings. The van der Waals surface area contributed by atoms with Crippen LogP contribution in [0.25, 0.3) is 0 Å². The lowest BCUT2D eigenvalue weighted by atomic mass is 9.90. The Morgan fingerprint density at radius 3 is 2.06 bits per heavy atom. The molecule has 0 unspecified atom stereocenters. The van der Waals surface area contributed by atoms with Crippen molar-refractivity contribution in [2.24, 2.45) is 0 Å². The number of furan rings is 1. The van der Waals surface area contributed by atoms with Crippen LogP contribution in [0, 0.1) is 0 Å². The number of hydrogen-bond donors (Lipinski definition) is 2. The molecule has 3 aromatic carbocycles. The highest BCUT2D eigenvalue weighted by Gasteiger charge is 2.23. The third kappa shape index (κ3) is 5.14. The zero-order valence-electron chi connectivity index (χ0n) is 17.1. The molecule has 0 saturated carbocycles. The summed E-state index contributed by atoms with van der Waals surface area (Å²) in [7, 11) is -3.78. The predicted molar refractivity (Wildman–Crippen MR) is 123 cm³/mol. The molecule has 1 heterocycles. The Morgan fingerprint density at radius 1 is 0.812 bits per heavy atom. The molecule has 1 aromatic heterocycles. The summed E-state index contributed by atoms with van der Waals surface area (Å²) < 4.78 is 33.0. The van der Waals surface area contributed by atoms with Gasteiger partial charge in [-0.3, -0.25) is 4.79 Å². The molecule has 0 aliphatic heterocycles. The van der Waals surface area contributed by atoms with Gasteiger partial charge in [-0.25, -0.2) is 13.1 Å². The quantitative estimate of drug-likeness (QED) is 0.416. The second-order valence-corrected chi connectivity index (χ2v) is 8.94. The van der Waals surface area contributed by atoms with Gasteiger partial charge in [-0.1, -0.05) is 66.7 Å². The fourth-order valence-corrected chi connectivity index (χ4v) is 4.44. The lowest BCUT2D eigenvalue weighted by molar-refractivity contribution is -0.116. The van der Waals surface area contributed by atoms with Gasteiger partial charge in [0, 0.05) is 5.69 Å². The summed E-state index contributed by atoms with van der Waals surface area (Å²) in [6.45, 7) is 0.0377. The van der Waals surface area contributed by atoms with Crippen LogP contribution in [0.2, 0.25) is 0 Å². The number of hydrogen-bond acceptors (Lipinski definition) is 4. The average molecular weight is 447 g/mol. The van der Waals surface area contributed by atoms with Crippen LogP contribution in [-0.4, -0.2) is 14.3 Å². The Kier molecular flexibility index (Phi) is 6.49. The highest BCUT2D eigenvalue weighted by atomic mass is 32.2. The van der Waals surface area contributed by atoms with Crippen molar-refractivity contribution >= 4 is 21.6 Å². The van der Waals surface area contributed by atoms with Crippen molar-refractivity contribution in [2.45, 2.75) is 17.4 Å². The lowest BCUT2D eigenvalue weighted by Crippen LogP contribution is -2.24. The Bertz CT molecular complexity index is 1230. The van der Waals surface area contributed by atoms with Crippen LogP contribution >= 0.6 is 0 Å². The van der Waals surface area contributed by atoms with Crippen molar-refractivity contribution in [1.29, 1.82) is 0 Å². The molecule has 2 N–H and O–H groups in total. The van der Waals surface area contributed by atoms with E-state index in [0.717, 1.165) is 11.1 Å². The van der Waals surface area contributed by atoms with Gasteiger partial charge in [0.2, 0.25) is 15.9 Å². The number of nitrogens with one attached hydrogen (secondary N) is 2. The van der Waals surface area contributed by atoms with Crippen molar-refractivity contribution in [3.8, 4) is 0 Å². The number of rotatable bonds is 8. The van der Waals surface area contributed by atoms with Gasteiger partial charge >= 0.3 is 0 Å². The van der Waals surface area contributed by atoms with E-state index in [9.17, 15) is 13.2 Å². The first-order valence-corrected chi connectivity index (χ1v) is 11.5. The first-order chi connectivity index (χ1) is 15.5. The van der Waals surface area contributed by atoms with E-state index < -0.39 is 15.9 Å². The third-order valence-electron chi connectivity index (χ3n) is 4.96. The van der Waals surface area contributed by atoms with Gasteiger partial charge in [0.25, 0.3) is 0 Å². The van der Waals surface area contributed by atoms with E-state index in [1.165, 1.54) is 18.4 Å². The Labute approximate surface area is 187 Å². The third-order valence-corrected chi connectivity index (χ3v) is 6.36. The SMILES string of the molecule is O=C(Nc1cccc(S(=O)(=O)NCc2ccco2)c1)C(c1ccccc1)c1ccccc1. The predicted octanol–water partition coefficient (Wildman–Crippen LogP) is 4.53. The van der Waals surface area contributed by atoms with Gasteiger partial charge < -0.3 is 9.73 Å². The van der Waals surface area contributed by atoms with Crippen LogP contribution in [0.15, 0.2) is 113 Å². The van der Waals surface area contributed by atoms with Gasteiger partial charge in [-0.15, -0.1) is 0 Å². The normalized spacial score (nSPS) is 11.4. The first-order valence-electron chi connectivity index (χ1n) is 10.1. The molecule has 6 nitrogen and oxygen atoms in total. The molecule has 4 aromatic rings. The number of sulfonamides is 1. The fraction of sp³-hybridized carbons (Fsp3) is 0.0800. The van der Waals surface area contributed by atoms with E-state index in [1.54, 1.807) is 24.3 Å². The van der Waals surface area contributed by atoms with E-state index in [4.69, 9.17) is 4.42 Å². The molecular weight excluding hydrogens is 424 g/mol. The molecule has 0 aliphatic rings. The number of carbonyl (C=O) groups excluding carboxylic acids is 1. The summed E-state index contributed by atoms with van der Waals surface area (Å²) in [5, 5.41) is 2.87. The maximum atomic E-state index is 13.3. The van der Waals surface area contributed by atoms with Crippen LogP contribution in [0.3, 0.4) is 0 Å². The minimum Gasteiger partial charge on any atom is -0.468 e. The molecular formula is C25H22N2O4S. The zero-order valence-corrected chi connectivity index (χ0v) is 18.0. The van der Waals surface area contributed by atoms with Crippen molar-refractivity contribution in [3.05, 3.63) is 120 Å². The van der Waals surface area contributed by atoms with Crippen LogP contribution < -0.4 is 10.0 Å². The van der Waals surface area contributed by atoms with Gasteiger partial charge in [0.15, 0.2) is 0 Å². The summed E-state index contributed by atoms with van der Waals surface area (Å²) >= 11 is 0. The van der Waals surface area contributed by atoms with Gasteiger partial charge in [-0.2, -0.15) is 0 Å². The topological polar surface area (TPSA) is 88.4 Å². The monoisotopic (exact) mass is 446 g/mol. The molecule has 0 radical (unpaired) electrons. The Hall–Kier alpha value is -3.68. The summed E-state index contributed by atoms with van der Waals surface area (Å²) in [4.78, 5) is 13.3. The van der Waals surface area contributed by atoms with Crippen LogP contribution in [-0.2, 0) is 21.4 Å². The number of amides is 1. The average Bonchev–Trinajstić information content (AvgIpc) is 3.34. The zero-order chi connectivity index (χ0) is 22.4. The molecule has 0 aliphatic carbocycles.